The highest BCUT2D eigenvalue weighted by Crippen LogP contribution is 2.48. The number of hydrogen-bond donors (Lipinski definition) is 2. The number of aromatic nitrogens is 3. The van der Waals surface area contributed by atoms with Gasteiger partial charge in [-0.2, -0.15) is 13.2 Å². The van der Waals surface area contributed by atoms with Crippen LogP contribution in [0.2, 0.25) is 5.02 Å². The molecule has 1 saturated carbocycles. The third kappa shape index (κ3) is 8.01. The lowest BCUT2D eigenvalue weighted by Crippen LogP contribution is -2.39. The average molecular weight is 712 g/mol. The second-order valence-corrected chi connectivity index (χ2v) is 12.8. The molecule has 0 bridgehead atoms. The molecule has 10 nitrogen and oxygen atoms in total. The largest absolute Gasteiger partial charge is 0.459 e. The number of ether oxygens (including phenoxy) is 2. The highest BCUT2D eigenvalue weighted by Gasteiger charge is 2.54. The van der Waals surface area contributed by atoms with E-state index in [0.29, 0.717) is 35.7 Å². The van der Waals surface area contributed by atoms with Gasteiger partial charge >= 0.3 is 20.7 Å². The number of fused-ring (bicyclic) bond motifs is 1. The van der Waals surface area contributed by atoms with Crippen molar-refractivity contribution in [1.82, 2.24) is 19.6 Å². The minimum absolute atomic E-state index is 0.0277. The topological polar surface area (TPSA) is 123 Å². The molecule has 48 heavy (non-hydrogen) atoms. The molecule has 2 aliphatic rings. The van der Waals surface area contributed by atoms with Gasteiger partial charge in [-0.3, -0.25) is 4.79 Å². The molecule has 1 aliphatic heterocycles. The number of carbonyl (C=O) groups excluding carboxylic acids is 1. The van der Waals surface area contributed by atoms with Crippen molar-refractivity contribution in [3.63, 3.8) is 0 Å². The molecular weight excluding hydrogens is 677 g/mol. The molecule has 1 aliphatic carbocycles. The van der Waals surface area contributed by atoms with Crippen LogP contribution in [0.5, 0.6) is 5.75 Å². The van der Waals surface area contributed by atoms with Crippen LogP contribution in [-0.2, 0) is 31.6 Å². The van der Waals surface area contributed by atoms with Crippen molar-refractivity contribution in [3.8, 4) is 5.75 Å². The summed E-state index contributed by atoms with van der Waals surface area (Å²) in [6, 6.07) is 11.5. The van der Waals surface area contributed by atoms with Crippen LogP contribution in [0.1, 0.15) is 57.4 Å². The molecule has 0 amide bonds. The van der Waals surface area contributed by atoms with Crippen molar-refractivity contribution in [2.45, 2.75) is 70.7 Å². The van der Waals surface area contributed by atoms with Gasteiger partial charge in [0.1, 0.15) is 36.3 Å². The Bertz CT molecular complexity index is 1720. The van der Waals surface area contributed by atoms with Gasteiger partial charge in [0.25, 0.3) is 0 Å². The zero-order chi connectivity index (χ0) is 34.6. The maximum atomic E-state index is 14.7. The van der Waals surface area contributed by atoms with Gasteiger partial charge in [0.15, 0.2) is 11.5 Å². The van der Waals surface area contributed by atoms with E-state index in [0.717, 1.165) is 6.07 Å². The molecule has 2 aromatic heterocycles. The molecule has 16 heteroatoms. The van der Waals surface area contributed by atoms with Crippen molar-refractivity contribution in [2.24, 2.45) is 5.92 Å². The van der Waals surface area contributed by atoms with Crippen LogP contribution in [-0.4, -0.2) is 38.8 Å². The third-order valence-electron chi connectivity index (χ3n) is 7.83. The number of halogens is 5. The van der Waals surface area contributed by atoms with E-state index in [1.54, 1.807) is 28.8 Å². The van der Waals surface area contributed by atoms with Crippen LogP contribution in [0.25, 0.3) is 11.0 Å². The number of hydrogen-bond acceptors (Lipinski definition) is 9. The van der Waals surface area contributed by atoms with Crippen LogP contribution < -0.4 is 15.3 Å². The molecule has 3 heterocycles. The van der Waals surface area contributed by atoms with Gasteiger partial charge in [0.2, 0.25) is 0 Å². The Hall–Kier alpha value is -3.55. The fourth-order valence-corrected chi connectivity index (χ4v) is 6.88. The number of benzene rings is 2. The number of nitrogen functional groups attached to an aromatic ring is 1. The Labute approximate surface area is 280 Å². The normalized spacial score (nSPS) is 20.5. The summed E-state index contributed by atoms with van der Waals surface area (Å²) in [7, 11) is -1.98. The molecule has 4 unspecified atom stereocenters. The number of carbonyl (C=O) groups is 1. The zero-order valence-electron chi connectivity index (χ0n) is 26.3. The number of rotatable bonds is 11. The minimum Gasteiger partial charge on any atom is -0.459 e. The van der Waals surface area contributed by atoms with Crippen molar-refractivity contribution in [1.29, 1.82) is 0 Å². The lowest BCUT2D eigenvalue weighted by Gasteiger charge is -2.25. The molecule has 0 radical (unpaired) electrons. The van der Waals surface area contributed by atoms with Gasteiger partial charge in [0, 0.05) is 22.7 Å². The first kappa shape index (κ1) is 35.7. The van der Waals surface area contributed by atoms with E-state index in [1.165, 1.54) is 30.7 Å². The van der Waals surface area contributed by atoms with Crippen LogP contribution in [0.3, 0.4) is 0 Å². The summed E-state index contributed by atoms with van der Waals surface area (Å²) in [6.45, 7) is 5.46. The van der Waals surface area contributed by atoms with Crippen LogP contribution >= 0.6 is 20.1 Å². The van der Waals surface area contributed by atoms with E-state index in [4.69, 9.17) is 35.9 Å². The maximum absolute atomic E-state index is 14.7. The highest BCUT2D eigenvalue weighted by atomic mass is 35.5. The lowest BCUT2D eigenvalue weighted by molar-refractivity contribution is -0.150. The summed E-state index contributed by atoms with van der Waals surface area (Å²) >= 11 is 6.02. The second kappa shape index (κ2) is 14.9. The van der Waals surface area contributed by atoms with Crippen molar-refractivity contribution >= 4 is 42.9 Å². The molecule has 2 aromatic carbocycles. The second-order valence-electron chi connectivity index (χ2n) is 11.2. The Morgan fingerprint density at radius 1 is 1.17 bits per heavy atom. The van der Waals surface area contributed by atoms with Crippen LogP contribution in [0.4, 0.5) is 23.4 Å². The first-order chi connectivity index (χ1) is 22.9. The zero-order valence-corrected chi connectivity index (χ0v) is 28.0. The quantitative estimate of drug-likeness (QED) is 0.0906. The third-order valence-corrected chi connectivity index (χ3v) is 9.45. The number of alkyl halides is 3. The standard InChI is InChI=1S/C30H29ClF4N5O5P.C2H6/c1-17-12-21(44-27(17)40-13-23(32)24-25(36)37-16-38-26(24)40)15-43-46(45-20-8-6-19(31)7-9-20)39-29(10-11-29)28(41)42-14-18-4-2-3-5-22(18)30(33,34)35;1-2/h2-9,13,16-17,21,27,39H,10-12,14-15H2,1H3,(H2,36,37,38);1-2H3. The average Bonchev–Trinajstić information content (AvgIpc) is 3.64. The minimum atomic E-state index is -4.59. The Morgan fingerprint density at radius 2 is 1.88 bits per heavy atom. The molecule has 4 atom stereocenters. The fourth-order valence-electron chi connectivity index (χ4n) is 5.31. The van der Waals surface area contributed by atoms with E-state index >= 15 is 0 Å². The van der Waals surface area contributed by atoms with E-state index in [2.05, 4.69) is 15.1 Å². The molecular formula is C32H35ClF4N5O5P. The summed E-state index contributed by atoms with van der Waals surface area (Å²) < 4.78 is 80.4. The molecule has 4 aromatic rings. The van der Waals surface area contributed by atoms with Gasteiger partial charge in [-0.15, -0.1) is 0 Å². The van der Waals surface area contributed by atoms with E-state index in [9.17, 15) is 22.4 Å². The monoisotopic (exact) mass is 711 g/mol. The van der Waals surface area contributed by atoms with Crippen LogP contribution in [0.15, 0.2) is 61.1 Å². The number of nitrogens with two attached hydrogens (primary N) is 1. The molecule has 2 fully saturated rings. The Kier molecular flexibility index (Phi) is 11.1. The summed E-state index contributed by atoms with van der Waals surface area (Å²) in [4.78, 5) is 21.2. The Morgan fingerprint density at radius 3 is 2.56 bits per heavy atom. The smallest absolute Gasteiger partial charge is 0.416 e. The molecule has 0 spiro atoms. The van der Waals surface area contributed by atoms with Crippen molar-refractivity contribution in [2.75, 3.05) is 12.3 Å². The maximum Gasteiger partial charge on any atom is 0.416 e. The summed E-state index contributed by atoms with van der Waals surface area (Å²) in [5.74, 6) is -0.887. The predicted octanol–water partition coefficient (Wildman–Crippen LogP) is 7.96. The highest BCUT2D eigenvalue weighted by molar-refractivity contribution is 7.45. The number of nitrogens with one attached hydrogen (secondary N) is 1. The molecule has 3 N–H and O–H groups in total. The SMILES string of the molecule is CC.CC1CC(COP(NC2(C(=O)OCc3ccccc3C(F)(F)F)CC2)Oc2ccc(Cl)cc2)OC1n1cc(F)c2c(N)ncnc21. The van der Waals surface area contributed by atoms with Gasteiger partial charge in [-0.05, 0) is 49.6 Å². The molecule has 1 saturated heterocycles. The van der Waals surface area contributed by atoms with E-state index in [-0.39, 0.29) is 29.3 Å². The van der Waals surface area contributed by atoms with Gasteiger partial charge < -0.3 is 28.8 Å². The Balaban J connectivity index is 0.00000221. The lowest BCUT2D eigenvalue weighted by atomic mass is 10.1. The molecule has 6 rings (SSSR count). The van der Waals surface area contributed by atoms with Crippen molar-refractivity contribution < 1.29 is 40.9 Å². The van der Waals surface area contributed by atoms with Crippen LogP contribution in [0, 0.1) is 11.7 Å². The van der Waals surface area contributed by atoms with Gasteiger partial charge in [-0.25, -0.2) is 19.4 Å². The number of nitrogens with zero attached hydrogens (tertiary/aromatic N) is 3. The summed E-state index contributed by atoms with van der Waals surface area (Å²) in [5, 5.41) is 3.72. The number of anilines is 1. The van der Waals surface area contributed by atoms with E-state index in [1.807, 2.05) is 20.8 Å². The van der Waals surface area contributed by atoms with Crippen molar-refractivity contribution in [3.05, 3.63) is 83.0 Å². The first-order valence-electron chi connectivity index (χ1n) is 15.3. The number of esters is 1. The first-order valence-corrected chi connectivity index (χ1v) is 16.9. The summed E-state index contributed by atoms with van der Waals surface area (Å²) in [5.41, 5.74) is 3.96. The predicted molar refractivity (Wildman–Crippen MR) is 172 cm³/mol. The van der Waals surface area contributed by atoms with E-state index < -0.39 is 56.5 Å². The van der Waals surface area contributed by atoms with Gasteiger partial charge in [0.05, 0.1) is 23.7 Å². The van der Waals surface area contributed by atoms with Gasteiger partial charge in [-0.1, -0.05) is 50.6 Å². The summed E-state index contributed by atoms with van der Waals surface area (Å²) in [6.07, 6.45) is -1.73. The fraction of sp³-hybridized carbons (Fsp3) is 0.406. The molecule has 258 valence electrons.